The molecule has 2 N–H and O–H groups in total. The van der Waals surface area contributed by atoms with Crippen LogP contribution in [-0.2, 0) is 13.0 Å². The Morgan fingerprint density at radius 2 is 2.08 bits per heavy atom. The number of hydrogen-bond acceptors (Lipinski definition) is 7. The maximum Gasteiger partial charge on any atom is 0.178 e. The number of aromatic amines is 1. The van der Waals surface area contributed by atoms with E-state index < -0.39 is 0 Å². The molecule has 0 spiro atoms. The number of fused-ring (bicyclic) bond motifs is 2. The van der Waals surface area contributed by atoms with Gasteiger partial charge in [-0.25, -0.2) is 9.97 Å². The van der Waals surface area contributed by atoms with Crippen LogP contribution in [0, 0.1) is 0 Å². The summed E-state index contributed by atoms with van der Waals surface area (Å²) in [5.74, 6) is 2.35. The van der Waals surface area contributed by atoms with E-state index in [0.717, 1.165) is 34.9 Å². The Morgan fingerprint density at radius 3 is 2.88 bits per heavy atom. The van der Waals surface area contributed by atoms with Crippen molar-refractivity contribution in [2.24, 2.45) is 0 Å². The van der Waals surface area contributed by atoms with Gasteiger partial charge in [-0.2, -0.15) is 4.52 Å². The van der Waals surface area contributed by atoms with Gasteiger partial charge in [-0.15, -0.1) is 15.3 Å². The molecule has 0 radical (unpaired) electrons. The van der Waals surface area contributed by atoms with Crippen molar-refractivity contribution in [3.8, 4) is 0 Å². The first kappa shape index (κ1) is 15.3. The summed E-state index contributed by atoms with van der Waals surface area (Å²) >= 11 is 0. The number of aryl methyl sites for hydroxylation is 1. The van der Waals surface area contributed by atoms with Crippen LogP contribution in [0.2, 0.25) is 0 Å². The molecular formula is C16H19N9. The molecule has 0 aliphatic heterocycles. The van der Waals surface area contributed by atoms with Crippen LogP contribution in [0.3, 0.4) is 0 Å². The van der Waals surface area contributed by atoms with E-state index in [1.54, 1.807) is 10.8 Å². The molecule has 4 aromatic heterocycles. The van der Waals surface area contributed by atoms with E-state index in [-0.39, 0.29) is 0 Å². The van der Waals surface area contributed by atoms with Crippen molar-refractivity contribution in [3.05, 3.63) is 36.0 Å². The van der Waals surface area contributed by atoms with E-state index in [1.165, 1.54) is 5.56 Å². The van der Waals surface area contributed by atoms with Crippen molar-refractivity contribution < 1.29 is 0 Å². The van der Waals surface area contributed by atoms with Gasteiger partial charge >= 0.3 is 0 Å². The predicted molar refractivity (Wildman–Crippen MR) is 95.7 cm³/mol. The predicted octanol–water partition coefficient (Wildman–Crippen LogP) is 1.64. The van der Waals surface area contributed by atoms with E-state index in [1.807, 2.05) is 37.3 Å². The normalized spacial score (nSPS) is 11.3. The molecule has 4 heterocycles. The lowest BCUT2D eigenvalue weighted by atomic mass is 10.2. The second-order valence-corrected chi connectivity index (χ2v) is 5.94. The number of aromatic nitrogens is 7. The third kappa shape index (κ3) is 2.63. The van der Waals surface area contributed by atoms with Gasteiger partial charge in [0.15, 0.2) is 11.5 Å². The van der Waals surface area contributed by atoms with Crippen LogP contribution >= 0.6 is 0 Å². The summed E-state index contributed by atoms with van der Waals surface area (Å²) in [4.78, 5) is 13.8. The molecule has 0 aliphatic carbocycles. The first-order chi connectivity index (χ1) is 12.2. The number of nitrogens with zero attached hydrogens (tertiary/aromatic N) is 7. The van der Waals surface area contributed by atoms with E-state index in [4.69, 9.17) is 0 Å². The number of anilines is 2. The largest absolute Gasteiger partial charge is 0.362 e. The van der Waals surface area contributed by atoms with Crippen LogP contribution in [-0.4, -0.2) is 48.9 Å². The van der Waals surface area contributed by atoms with E-state index >= 15 is 0 Å². The smallest absolute Gasteiger partial charge is 0.178 e. The van der Waals surface area contributed by atoms with Gasteiger partial charge in [0.2, 0.25) is 0 Å². The zero-order valence-electron chi connectivity index (χ0n) is 14.4. The van der Waals surface area contributed by atoms with Gasteiger partial charge in [0.05, 0.1) is 11.9 Å². The first-order valence-electron chi connectivity index (χ1n) is 8.11. The van der Waals surface area contributed by atoms with E-state index in [0.29, 0.717) is 12.2 Å². The number of H-pyrrole nitrogens is 1. The van der Waals surface area contributed by atoms with E-state index in [9.17, 15) is 0 Å². The Kier molecular flexibility index (Phi) is 3.68. The Balaban J connectivity index is 1.67. The monoisotopic (exact) mass is 337 g/mol. The average molecular weight is 337 g/mol. The van der Waals surface area contributed by atoms with Crippen LogP contribution in [0.25, 0.3) is 16.7 Å². The Bertz CT molecular complexity index is 1030. The van der Waals surface area contributed by atoms with Gasteiger partial charge in [0, 0.05) is 20.3 Å². The third-order valence-electron chi connectivity index (χ3n) is 4.12. The van der Waals surface area contributed by atoms with Crippen LogP contribution < -0.4 is 10.2 Å². The molecule has 0 aliphatic rings. The second-order valence-electron chi connectivity index (χ2n) is 5.94. The number of rotatable bonds is 5. The summed E-state index contributed by atoms with van der Waals surface area (Å²) in [5, 5.41) is 17.3. The lowest BCUT2D eigenvalue weighted by Gasteiger charge is -2.11. The molecule has 0 atom stereocenters. The van der Waals surface area contributed by atoms with Gasteiger partial charge in [-0.1, -0.05) is 6.92 Å². The van der Waals surface area contributed by atoms with Gasteiger partial charge in [0.25, 0.3) is 0 Å². The molecule has 0 amide bonds. The zero-order chi connectivity index (χ0) is 17.4. The Hall–Kier alpha value is -3.23. The quantitative estimate of drug-likeness (QED) is 0.571. The molecule has 4 aromatic rings. The standard InChI is InChI=1S/C16H19N9/c1-4-10-7-17-15-14(10)16(20-9-19-15)18-8-13-22-21-11-5-6-12(24(2)3)23-25(11)13/h5-7,9H,4,8H2,1-3H3,(H2,17,18,19,20). The molecule has 0 saturated carbocycles. The molecule has 9 nitrogen and oxygen atoms in total. The minimum Gasteiger partial charge on any atom is -0.362 e. The molecule has 128 valence electrons. The fourth-order valence-corrected chi connectivity index (χ4v) is 2.77. The summed E-state index contributed by atoms with van der Waals surface area (Å²) in [6, 6.07) is 3.82. The molecule has 0 unspecified atom stereocenters. The highest BCUT2D eigenvalue weighted by Gasteiger charge is 2.12. The summed E-state index contributed by atoms with van der Waals surface area (Å²) in [5.41, 5.74) is 2.72. The molecule has 4 rings (SSSR count). The van der Waals surface area contributed by atoms with Crippen molar-refractivity contribution >= 4 is 28.3 Å². The molecule has 0 saturated heterocycles. The van der Waals surface area contributed by atoms with Crippen molar-refractivity contribution in [1.29, 1.82) is 0 Å². The minimum absolute atomic E-state index is 0.464. The zero-order valence-corrected chi connectivity index (χ0v) is 14.4. The van der Waals surface area contributed by atoms with Gasteiger partial charge < -0.3 is 15.2 Å². The summed E-state index contributed by atoms with van der Waals surface area (Å²) in [7, 11) is 3.90. The summed E-state index contributed by atoms with van der Waals surface area (Å²) in [6.07, 6.45) is 4.43. The van der Waals surface area contributed by atoms with Crippen LogP contribution in [0.5, 0.6) is 0 Å². The minimum atomic E-state index is 0.464. The maximum absolute atomic E-state index is 4.57. The SMILES string of the molecule is CCc1c[nH]c2ncnc(NCc3nnc4ccc(N(C)C)nn34)c12. The van der Waals surface area contributed by atoms with Gasteiger partial charge in [-0.05, 0) is 24.1 Å². The van der Waals surface area contributed by atoms with Crippen molar-refractivity contribution in [2.75, 3.05) is 24.3 Å². The Morgan fingerprint density at radius 1 is 1.20 bits per heavy atom. The highest BCUT2D eigenvalue weighted by Crippen LogP contribution is 2.24. The third-order valence-corrected chi connectivity index (χ3v) is 4.12. The van der Waals surface area contributed by atoms with Gasteiger partial charge in [-0.3, -0.25) is 0 Å². The average Bonchev–Trinajstić information content (AvgIpc) is 3.23. The fourth-order valence-electron chi connectivity index (χ4n) is 2.77. The highest BCUT2D eigenvalue weighted by atomic mass is 15.4. The van der Waals surface area contributed by atoms with E-state index in [2.05, 4.69) is 42.5 Å². The summed E-state index contributed by atoms with van der Waals surface area (Å²) in [6.45, 7) is 2.57. The van der Waals surface area contributed by atoms with Crippen LogP contribution in [0.4, 0.5) is 11.6 Å². The number of hydrogen-bond donors (Lipinski definition) is 2. The lowest BCUT2D eigenvalue weighted by Crippen LogP contribution is -2.14. The fraction of sp³-hybridized carbons (Fsp3) is 0.312. The number of nitrogens with one attached hydrogen (secondary N) is 2. The molecule has 9 heteroatoms. The lowest BCUT2D eigenvalue weighted by molar-refractivity contribution is 0.816. The molecule has 0 fully saturated rings. The molecule has 0 aromatic carbocycles. The first-order valence-corrected chi connectivity index (χ1v) is 8.11. The highest BCUT2D eigenvalue weighted by molar-refractivity contribution is 5.90. The summed E-state index contributed by atoms with van der Waals surface area (Å²) < 4.78 is 1.75. The Labute approximate surface area is 144 Å². The maximum atomic E-state index is 4.57. The molecule has 25 heavy (non-hydrogen) atoms. The van der Waals surface area contributed by atoms with Crippen molar-refractivity contribution in [3.63, 3.8) is 0 Å². The van der Waals surface area contributed by atoms with Crippen LogP contribution in [0.1, 0.15) is 18.3 Å². The van der Waals surface area contributed by atoms with Crippen molar-refractivity contribution in [2.45, 2.75) is 19.9 Å². The van der Waals surface area contributed by atoms with Gasteiger partial charge in [0.1, 0.15) is 23.6 Å². The van der Waals surface area contributed by atoms with Crippen molar-refractivity contribution in [1.82, 2.24) is 34.8 Å². The topological polar surface area (TPSA) is 99.9 Å². The molecular weight excluding hydrogens is 318 g/mol. The van der Waals surface area contributed by atoms with Crippen LogP contribution in [0.15, 0.2) is 24.7 Å². The molecule has 0 bridgehead atoms. The second kappa shape index (κ2) is 6.00.